The summed E-state index contributed by atoms with van der Waals surface area (Å²) in [6, 6.07) is 6.25. The Kier molecular flexibility index (Phi) is 2.15. The highest BCUT2D eigenvalue weighted by molar-refractivity contribution is 5.77. The highest BCUT2D eigenvalue weighted by Gasteiger charge is 2.23. The van der Waals surface area contributed by atoms with Crippen molar-refractivity contribution in [2.45, 2.75) is 19.9 Å². The maximum Gasteiger partial charge on any atom is 0.315 e. The van der Waals surface area contributed by atoms with E-state index in [2.05, 4.69) is 36.6 Å². The third-order valence-electron chi connectivity index (χ3n) is 2.66. The average molecular weight is 190 g/mol. The minimum atomic E-state index is -0.0716. The van der Waals surface area contributed by atoms with Crippen LogP contribution < -0.4 is 10.6 Å². The molecule has 3 nitrogen and oxygen atoms in total. The Labute approximate surface area is 83.5 Å². The van der Waals surface area contributed by atoms with E-state index in [9.17, 15) is 4.79 Å². The topological polar surface area (TPSA) is 41.1 Å². The number of hydrogen-bond acceptors (Lipinski definition) is 1. The molecular weight excluding hydrogens is 176 g/mol. The predicted molar refractivity (Wildman–Crippen MR) is 55.2 cm³/mol. The lowest BCUT2D eigenvalue weighted by Crippen LogP contribution is -2.22. The molecule has 0 spiro atoms. The maximum absolute atomic E-state index is 11.0. The summed E-state index contributed by atoms with van der Waals surface area (Å²) >= 11 is 0. The molecule has 0 aromatic heterocycles. The number of amides is 2. The fourth-order valence-corrected chi connectivity index (χ4v) is 2.01. The number of rotatable bonds is 1. The number of urea groups is 1. The Morgan fingerprint density at radius 1 is 1.29 bits per heavy atom. The van der Waals surface area contributed by atoms with Gasteiger partial charge in [-0.25, -0.2) is 4.79 Å². The van der Waals surface area contributed by atoms with Crippen molar-refractivity contribution < 1.29 is 4.79 Å². The monoisotopic (exact) mass is 190 g/mol. The van der Waals surface area contributed by atoms with E-state index >= 15 is 0 Å². The van der Waals surface area contributed by atoms with Crippen LogP contribution in [0, 0.1) is 13.8 Å². The second kappa shape index (κ2) is 3.33. The molecule has 1 aliphatic rings. The molecule has 1 aliphatic heterocycles. The molecule has 1 atom stereocenters. The Morgan fingerprint density at radius 3 is 2.43 bits per heavy atom. The van der Waals surface area contributed by atoms with Gasteiger partial charge in [0.2, 0.25) is 0 Å². The summed E-state index contributed by atoms with van der Waals surface area (Å²) in [5.41, 5.74) is 3.71. The first-order valence-electron chi connectivity index (χ1n) is 4.79. The van der Waals surface area contributed by atoms with Crippen molar-refractivity contribution in [3.8, 4) is 0 Å². The van der Waals surface area contributed by atoms with Gasteiger partial charge in [0, 0.05) is 6.54 Å². The van der Waals surface area contributed by atoms with Crippen LogP contribution in [0.1, 0.15) is 22.7 Å². The van der Waals surface area contributed by atoms with Crippen molar-refractivity contribution in [2.75, 3.05) is 6.54 Å². The Bertz CT molecular complexity index is 353. The summed E-state index contributed by atoms with van der Waals surface area (Å²) in [6.45, 7) is 4.84. The number of benzene rings is 1. The number of carbonyl (C=O) groups is 1. The molecule has 1 fully saturated rings. The minimum Gasteiger partial charge on any atom is -0.336 e. The Hall–Kier alpha value is -1.51. The van der Waals surface area contributed by atoms with E-state index in [1.54, 1.807) is 0 Å². The molecule has 0 saturated carbocycles. The first-order valence-corrected chi connectivity index (χ1v) is 4.79. The highest BCUT2D eigenvalue weighted by atomic mass is 16.2. The molecule has 1 heterocycles. The summed E-state index contributed by atoms with van der Waals surface area (Å²) < 4.78 is 0. The van der Waals surface area contributed by atoms with E-state index in [1.165, 1.54) is 16.7 Å². The average Bonchev–Trinajstić information content (AvgIpc) is 2.51. The molecule has 2 rings (SSSR count). The molecule has 1 saturated heterocycles. The molecular formula is C11H14N2O. The summed E-state index contributed by atoms with van der Waals surface area (Å²) in [6.07, 6.45) is 0. The minimum absolute atomic E-state index is 0.0716. The van der Waals surface area contributed by atoms with Gasteiger partial charge in [0.1, 0.15) is 0 Å². The number of aryl methyl sites for hydroxylation is 2. The van der Waals surface area contributed by atoms with Crippen molar-refractivity contribution in [3.63, 3.8) is 0 Å². The largest absolute Gasteiger partial charge is 0.336 e. The fourth-order valence-electron chi connectivity index (χ4n) is 2.01. The van der Waals surface area contributed by atoms with Crippen LogP contribution in [-0.4, -0.2) is 12.6 Å². The van der Waals surface area contributed by atoms with Crippen LogP contribution in [0.4, 0.5) is 4.79 Å². The van der Waals surface area contributed by atoms with Crippen molar-refractivity contribution in [1.29, 1.82) is 0 Å². The van der Waals surface area contributed by atoms with Gasteiger partial charge in [-0.2, -0.15) is 0 Å². The molecule has 0 unspecified atom stereocenters. The van der Waals surface area contributed by atoms with Gasteiger partial charge in [0.05, 0.1) is 6.04 Å². The molecule has 74 valence electrons. The smallest absolute Gasteiger partial charge is 0.315 e. The third-order valence-corrected chi connectivity index (χ3v) is 2.66. The molecule has 2 N–H and O–H groups in total. The SMILES string of the molecule is Cc1cccc(C)c1[C@@H]1CNC(=O)N1. The third kappa shape index (κ3) is 1.45. The zero-order valence-corrected chi connectivity index (χ0v) is 8.42. The first-order chi connectivity index (χ1) is 6.68. The Balaban J connectivity index is 2.36. The van der Waals surface area contributed by atoms with Gasteiger partial charge in [-0.1, -0.05) is 18.2 Å². The van der Waals surface area contributed by atoms with Crippen molar-refractivity contribution in [3.05, 3.63) is 34.9 Å². The molecule has 1 aromatic rings. The summed E-state index contributed by atoms with van der Waals surface area (Å²) in [4.78, 5) is 11.0. The summed E-state index contributed by atoms with van der Waals surface area (Å²) in [7, 11) is 0. The van der Waals surface area contributed by atoms with Crippen molar-refractivity contribution in [1.82, 2.24) is 10.6 Å². The first kappa shape index (κ1) is 9.06. The van der Waals surface area contributed by atoms with Crippen molar-refractivity contribution >= 4 is 6.03 Å². The number of hydrogen-bond donors (Lipinski definition) is 2. The van der Waals surface area contributed by atoms with E-state index in [-0.39, 0.29) is 12.1 Å². The molecule has 1 aromatic carbocycles. The van der Waals surface area contributed by atoms with Gasteiger partial charge in [0.25, 0.3) is 0 Å². The molecule has 0 aliphatic carbocycles. The van der Waals surface area contributed by atoms with Gasteiger partial charge in [0.15, 0.2) is 0 Å². The maximum atomic E-state index is 11.0. The van der Waals surface area contributed by atoms with Crippen LogP contribution in [0.2, 0.25) is 0 Å². The predicted octanol–water partition coefficient (Wildman–Crippen LogP) is 1.66. The van der Waals surface area contributed by atoms with Crippen LogP contribution in [0.15, 0.2) is 18.2 Å². The molecule has 3 heteroatoms. The molecule has 14 heavy (non-hydrogen) atoms. The lowest BCUT2D eigenvalue weighted by Gasteiger charge is -2.15. The lowest BCUT2D eigenvalue weighted by atomic mass is 9.97. The molecule has 0 bridgehead atoms. The normalized spacial score (nSPS) is 20.4. The van der Waals surface area contributed by atoms with E-state index in [0.717, 1.165) is 0 Å². The number of carbonyl (C=O) groups excluding carboxylic acids is 1. The molecule has 0 radical (unpaired) electrons. The summed E-state index contributed by atoms with van der Waals surface area (Å²) in [5.74, 6) is 0. The van der Waals surface area contributed by atoms with Crippen LogP contribution in [0.5, 0.6) is 0 Å². The van der Waals surface area contributed by atoms with Gasteiger partial charge < -0.3 is 10.6 Å². The van der Waals surface area contributed by atoms with Crippen LogP contribution >= 0.6 is 0 Å². The van der Waals surface area contributed by atoms with Crippen LogP contribution in [0.3, 0.4) is 0 Å². The van der Waals surface area contributed by atoms with E-state index in [4.69, 9.17) is 0 Å². The van der Waals surface area contributed by atoms with Crippen LogP contribution in [0.25, 0.3) is 0 Å². The second-order valence-corrected chi connectivity index (χ2v) is 3.71. The molecule has 2 amide bonds. The zero-order valence-electron chi connectivity index (χ0n) is 8.42. The van der Waals surface area contributed by atoms with Gasteiger partial charge in [-0.3, -0.25) is 0 Å². The lowest BCUT2D eigenvalue weighted by molar-refractivity contribution is 0.247. The van der Waals surface area contributed by atoms with Gasteiger partial charge in [-0.15, -0.1) is 0 Å². The standard InChI is InChI=1S/C11H14N2O/c1-7-4-3-5-8(2)10(7)9-6-12-11(14)13-9/h3-5,9H,6H2,1-2H3,(H2,12,13,14)/t9-/m0/s1. The highest BCUT2D eigenvalue weighted by Crippen LogP contribution is 2.22. The van der Waals surface area contributed by atoms with Gasteiger partial charge in [-0.05, 0) is 30.5 Å². The van der Waals surface area contributed by atoms with E-state index in [0.29, 0.717) is 6.54 Å². The Morgan fingerprint density at radius 2 is 1.93 bits per heavy atom. The zero-order chi connectivity index (χ0) is 10.1. The van der Waals surface area contributed by atoms with Gasteiger partial charge >= 0.3 is 6.03 Å². The van der Waals surface area contributed by atoms with Crippen molar-refractivity contribution in [2.24, 2.45) is 0 Å². The second-order valence-electron chi connectivity index (χ2n) is 3.71. The van der Waals surface area contributed by atoms with Crippen LogP contribution in [-0.2, 0) is 0 Å². The van der Waals surface area contributed by atoms with E-state index in [1.807, 2.05) is 6.07 Å². The summed E-state index contributed by atoms with van der Waals surface area (Å²) in [5, 5.41) is 5.67. The quantitative estimate of drug-likeness (QED) is 0.694. The fraction of sp³-hybridized carbons (Fsp3) is 0.364. The van der Waals surface area contributed by atoms with E-state index < -0.39 is 0 Å². The number of nitrogens with one attached hydrogen (secondary N) is 2.